The lowest BCUT2D eigenvalue weighted by molar-refractivity contribution is -0.211. The molecule has 2 aliphatic heterocycles. The van der Waals surface area contributed by atoms with Gasteiger partial charge in [0.05, 0.1) is 13.2 Å². The number of rotatable bonds is 8. The van der Waals surface area contributed by atoms with Crippen LogP contribution in [0.5, 0.6) is 0 Å². The van der Waals surface area contributed by atoms with Crippen LogP contribution in [0.25, 0.3) is 0 Å². The van der Waals surface area contributed by atoms with Gasteiger partial charge in [0, 0.05) is 12.3 Å². The van der Waals surface area contributed by atoms with Crippen LogP contribution in [0, 0.1) is 0 Å². The van der Waals surface area contributed by atoms with E-state index >= 15 is 0 Å². The van der Waals surface area contributed by atoms with E-state index in [1.165, 1.54) is 0 Å². The summed E-state index contributed by atoms with van der Waals surface area (Å²) in [6, 6.07) is 0.932. The maximum Gasteiger partial charge on any atom is 0.479 e. The van der Waals surface area contributed by atoms with Crippen LogP contribution in [-0.2, 0) is 27.4 Å². The maximum absolute atomic E-state index is 12.5. The third-order valence-corrected chi connectivity index (χ3v) is 8.58. The van der Waals surface area contributed by atoms with E-state index in [1.807, 2.05) is 4.98 Å². The topological polar surface area (TPSA) is 288 Å². The Morgan fingerprint density at radius 2 is 1.57 bits per heavy atom. The van der Waals surface area contributed by atoms with Crippen LogP contribution in [0.2, 0.25) is 0 Å². The van der Waals surface area contributed by atoms with Crippen LogP contribution in [0.1, 0.15) is 6.23 Å². The summed E-state index contributed by atoms with van der Waals surface area (Å²) in [6.45, 7) is -1.97. The molecule has 35 heavy (non-hydrogen) atoms. The Kier molecular flexibility index (Phi) is 8.52. The van der Waals surface area contributed by atoms with E-state index in [4.69, 9.17) is 14.6 Å². The Morgan fingerprint density at radius 3 is 2.17 bits per heavy atom. The van der Waals surface area contributed by atoms with Gasteiger partial charge >= 0.3 is 21.1 Å². The fraction of sp³-hybridized carbons (Fsp3) is 0.733. The number of hydrogen-bond donors (Lipinski definition) is 9. The summed E-state index contributed by atoms with van der Waals surface area (Å²) < 4.78 is 44.3. The number of phosphoric ester groups is 1. The highest BCUT2D eigenvalue weighted by atomic mass is 31.3. The first-order chi connectivity index (χ1) is 16.2. The molecule has 200 valence electrons. The van der Waals surface area contributed by atoms with Gasteiger partial charge in [-0.2, -0.15) is 0 Å². The molecule has 2 saturated heterocycles. The number of aliphatic hydroxyl groups is 6. The van der Waals surface area contributed by atoms with Crippen molar-refractivity contribution in [1.29, 1.82) is 0 Å². The van der Waals surface area contributed by atoms with Crippen molar-refractivity contribution < 1.29 is 67.9 Å². The number of phosphoric acid groups is 1. The smallest absolute Gasteiger partial charge is 0.394 e. The zero-order valence-electron chi connectivity index (χ0n) is 17.5. The number of H-pyrrole nitrogens is 1. The molecular formula is C15H24N2O16P2. The third kappa shape index (κ3) is 5.98. The van der Waals surface area contributed by atoms with E-state index in [0.717, 1.165) is 16.8 Å². The van der Waals surface area contributed by atoms with E-state index in [9.17, 15) is 54.0 Å². The first-order valence-corrected chi connectivity index (χ1v) is 13.0. The molecule has 2 fully saturated rings. The molecule has 1 aromatic heterocycles. The van der Waals surface area contributed by atoms with Crippen LogP contribution in [0.3, 0.4) is 0 Å². The van der Waals surface area contributed by atoms with E-state index in [-0.39, 0.29) is 0 Å². The highest BCUT2D eigenvalue weighted by molar-refractivity contribution is 7.64. The van der Waals surface area contributed by atoms with Crippen LogP contribution < -0.4 is 11.2 Å². The molecule has 0 radical (unpaired) electrons. The number of aromatic amines is 1. The number of aliphatic hydroxyl groups excluding tert-OH is 6. The third-order valence-electron chi connectivity index (χ3n) is 5.27. The zero-order valence-corrected chi connectivity index (χ0v) is 19.2. The Balaban J connectivity index is 1.67. The quantitative estimate of drug-likeness (QED) is 0.137. The Bertz CT molecular complexity index is 1110. The summed E-state index contributed by atoms with van der Waals surface area (Å²) in [5, 5.41) is 58.8. The van der Waals surface area contributed by atoms with Crippen molar-refractivity contribution in [1.82, 2.24) is 9.55 Å². The zero-order chi connectivity index (χ0) is 26.3. The Labute approximate surface area is 194 Å². The number of nitrogens with one attached hydrogen (secondary N) is 1. The van der Waals surface area contributed by atoms with Crippen LogP contribution in [0.15, 0.2) is 21.9 Å². The summed E-state index contributed by atoms with van der Waals surface area (Å²) in [5.41, 5.74) is -1.74. The standard InChI is InChI=1S/C15H24N2O16P2/c18-3-5-8(20)10(22)12(24)14(32-5)34(26,27)33-35(28,29)30-4-6-9(21)11(23)13(31-6)17-2-1-7(19)16-15(17)25/h1-2,5-6,8-14,18,20-24H,3-4H2,(H,26,27)(H,28,29)(H,16,19,25)/t5-,6-,8-,9-,10+,11-,12-,13?,14?/m1/s1. The second kappa shape index (κ2) is 10.6. The second-order valence-corrected chi connectivity index (χ2v) is 11.2. The first-order valence-electron chi connectivity index (χ1n) is 9.83. The molecule has 0 aliphatic carbocycles. The highest BCUT2D eigenvalue weighted by Crippen LogP contribution is 2.64. The molecule has 3 heterocycles. The number of nitrogens with zero attached hydrogens (tertiary/aromatic N) is 1. The van der Waals surface area contributed by atoms with Gasteiger partial charge in [-0.1, -0.05) is 0 Å². The Hall–Kier alpha value is -1.34. The molecule has 0 amide bonds. The summed E-state index contributed by atoms with van der Waals surface area (Å²) >= 11 is 0. The van der Waals surface area contributed by atoms with Gasteiger partial charge in [0.2, 0.25) is 0 Å². The number of ether oxygens (including phenoxy) is 2. The fourth-order valence-corrected chi connectivity index (χ4v) is 6.41. The van der Waals surface area contributed by atoms with Crippen molar-refractivity contribution in [2.45, 2.75) is 54.8 Å². The van der Waals surface area contributed by atoms with Gasteiger partial charge in [0.25, 0.3) is 5.56 Å². The van der Waals surface area contributed by atoms with Gasteiger partial charge in [0.15, 0.2) is 12.1 Å². The minimum atomic E-state index is -5.48. The molecule has 1 aromatic rings. The molecule has 0 spiro atoms. The average Bonchev–Trinajstić information content (AvgIpc) is 3.04. The van der Waals surface area contributed by atoms with E-state index in [0.29, 0.717) is 0 Å². The summed E-state index contributed by atoms with van der Waals surface area (Å²) in [6.07, 6.45) is -13.5. The van der Waals surface area contributed by atoms with Gasteiger partial charge in [-0.25, -0.2) is 13.7 Å². The van der Waals surface area contributed by atoms with E-state index in [2.05, 4.69) is 8.83 Å². The predicted molar refractivity (Wildman–Crippen MR) is 108 cm³/mol. The van der Waals surface area contributed by atoms with Crippen molar-refractivity contribution in [2.24, 2.45) is 0 Å². The summed E-state index contributed by atoms with van der Waals surface area (Å²) in [4.78, 5) is 44.9. The summed E-state index contributed by atoms with van der Waals surface area (Å²) in [5.74, 6) is -2.37. The van der Waals surface area contributed by atoms with E-state index in [1.54, 1.807) is 0 Å². The lowest BCUT2D eigenvalue weighted by atomic mass is 10.0. The van der Waals surface area contributed by atoms with Crippen molar-refractivity contribution in [3.8, 4) is 0 Å². The minimum absolute atomic E-state index is 0.728. The molecular weight excluding hydrogens is 526 g/mol. The van der Waals surface area contributed by atoms with Crippen molar-refractivity contribution in [2.75, 3.05) is 13.2 Å². The molecule has 20 heteroatoms. The molecule has 0 bridgehead atoms. The molecule has 0 saturated carbocycles. The van der Waals surface area contributed by atoms with Crippen molar-refractivity contribution in [3.63, 3.8) is 0 Å². The molecule has 11 atom stereocenters. The molecule has 3 rings (SSSR count). The van der Waals surface area contributed by atoms with Crippen molar-refractivity contribution in [3.05, 3.63) is 33.1 Å². The molecule has 4 unspecified atom stereocenters. The Morgan fingerprint density at radius 1 is 0.943 bits per heavy atom. The number of hydrogen-bond acceptors (Lipinski definition) is 14. The fourth-order valence-electron chi connectivity index (χ4n) is 3.46. The normalized spacial score (nSPS) is 39.1. The molecule has 2 aliphatic rings. The lowest BCUT2D eigenvalue weighted by Gasteiger charge is -2.40. The first kappa shape index (κ1) is 28.2. The predicted octanol–water partition coefficient (Wildman–Crippen LogP) is -4.73. The molecule has 18 nitrogen and oxygen atoms in total. The lowest BCUT2D eigenvalue weighted by Crippen LogP contribution is -2.58. The van der Waals surface area contributed by atoms with E-state index < -0.39 is 94.7 Å². The second-order valence-electron chi connectivity index (χ2n) is 7.69. The van der Waals surface area contributed by atoms with Crippen LogP contribution >= 0.6 is 15.4 Å². The monoisotopic (exact) mass is 550 g/mol. The van der Waals surface area contributed by atoms with Gasteiger partial charge in [-0.05, 0) is 0 Å². The minimum Gasteiger partial charge on any atom is -0.394 e. The molecule has 9 N–H and O–H groups in total. The van der Waals surface area contributed by atoms with Crippen LogP contribution in [0.4, 0.5) is 0 Å². The van der Waals surface area contributed by atoms with Gasteiger partial charge in [-0.3, -0.25) is 23.4 Å². The average molecular weight is 550 g/mol. The van der Waals surface area contributed by atoms with Gasteiger partial charge in [-0.15, -0.1) is 0 Å². The summed E-state index contributed by atoms with van der Waals surface area (Å²) in [7, 11) is -10.9. The van der Waals surface area contributed by atoms with Gasteiger partial charge in [0.1, 0.15) is 42.7 Å². The maximum atomic E-state index is 12.5. The van der Waals surface area contributed by atoms with Crippen molar-refractivity contribution >= 4 is 15.4 Å². The SMILES string of the molecule is O=c1ccn(C2O[C@H](COP(=O)(O)OP(=O)(O)C3O[C@H](CO)[C@@H](O)[C@H](O)[C@H]3O)[C@@H](O)[C@H]2O)c(=O)[nH]1. The van der Waals surface area contributed by atoms with Crippen LogP contribution in [-0.4, -0.2) is 112 Å². The largest absolute Gasteiger partial charge is 0.479 e. The van der Waals surface area contributed by atoms with Gasteiger partial charge < -0.3 is 49.9 Å². The highest BCUT2D eigenvalue weighted by Gasteiger charge is 2.54. The molecule has 0 aromatic carbocycles. The number of aromatic nitrogens is 2.